The van der Waals surface area contributed by atoms with Gasteiger partial charge in [-0.25, -0.2) is 9.37 Å². The fourth-order valence-corrected chi connectivity index (χ4v) is 2.54. The van der Waals surface area contributed by atoms with Crippen molar-refractivity contribution >= 4 is 11.6 Å². The van der Waals surface area contributed by atoms with Gasteiger partial charge in [-0.1, -0.05) is 39.8 Å². The monoisotopic (exact) mass is 390 g/mol. The van der Waals surface area contributed by atoms with Crippen LogP contribution in [-0.2, 0) is 13.1 Å². The summed E-state index contributed by atoms with van der Waals surface area (Å²) in [5.74, 6) is -0.449. The third-order valence-electron chi connectivity index (χ3n) is 3.80. The molecule has 1 amide bonds. The number of benzene rings is 1. The van der Waals surface area contributed by atoms with Gasteiger partial charge in [0.2, 0.25) is 0 Å². The molecule has 0 aliphatic carbocycles. The SMILES string of the molecule is CC.CC.CCN(Cc1ccc(F)cc1)c1cnc(C(=O)NC)cc1CNC. The van der Waals surface area contributed by atoms with Crippen LogP contribution < -0.4 is 15.5 Å². The molecule has 156 valence electrons. The first-order valence-corrected chi connectivity index (χ1v) is 9.94. The highest BCUT2D eigenvalue weighted by atomic mass is 19.1. The molecule has 1 aromatic carbocycles. The number of anilines is 1. The van der Waals surface area contributed by atoms with E-state index < -0.39 is 0 Å². The zero-order valence-corrected chi connectivity index (χ0v) is 18.3. The van der Waals surface area contributed by atoms with Crippen LogP contribution in [0.25, 0.3) is 0 Å². The van der Waals surface area contributed by atoms with Crippen LogP contribution in [0.4, 0.5) is 10.1 Å². The van der Waals surface area contributed by atoms with Gasteiger partial charge in [-0.05, 0) is 43.3 Å². The van der Waals surface area contributed by atoms with Gasteiger partial charge in [0.05, 0.1) is 11.9 Å². The van der Waals surface area contributed by atoms with Gasteiger partial charge in [-0.3, -0.25) is 4.79 Å². The number of carbonyl (C=O) groups excluding carboxylic acids is 1. The molecular formula is C22H35FN4O. The maximum atomic E-state index is 13.1. The predicted molar refractivity (Wildman–Crippen MR) is 116 cm³/mol. The first-order chi connectivity index (χ1) is 13.6. The first-order valence-electron chi connectivity index (χ1n) is 9.94. The van der Waals surface area contributed by atoms with Gasteiger partial charge in [0.1, 0.15) is 11.5 Å². The number of hydrogen-bond donors (Lipinski definition) is 2. The highest BCUT2D eigenvalue weighted by Gasteiger charge is 2.14. The summed E-state index contributed by atoms with van der Waals surface area (Å²) in [4.78, 5) is 18.2. The number of halogens is 1. The van der Waals surface area contributed by atoms with E-state index in [1.807, 2.05) is 34.7 Å². The summed E-state index contributed by atoms with van der Waals surface area (Å²) in [6, 6.07) is 8.29. The van der Waals surface area contributed by atoms with E-state index in [1.165, 1.54) is 12.1 Å². The van der Waals surface area contributed by atoms with Crippen molar-refractivity contribution in [3.8, 4) is 0 Å². The van der Waals surface area contributed by atoms with E-state index in [4.69, 9.17) is 0 Å². The van der Waals surface area contributed by atoms with E-state index in [9.17, 15) is 9.18 Å². The Hall–Kier alpha value is -2.47. The van der Waals surface area contributed by atoms with Crippen molar-refractivity contribution in [3.63, 3.8) is 0 Å². The van der Waals surface area contributed by atoms with E-state index in [0.717, 1.165) is 23.4 Å². The number of hydrogen-bond acceptors (Lipinski definition) is 4. The quantitative estimate of drug-likeness (QED) is 0.737. The lowest BCUT2D eigenvalue weighted by Crippen LogP contribution is -2.26. The van der Waals surface area contributed by atoms with Gasteiger partial charge in [-0.2, -0.15) is 0 Å². The molecule has 0 aliphatic rings. The van der Waals surface area contributed by atoms with Crippen LogP contribution in [0.3, 0.4) is 0 Å². The van der Waals surface area contributed by atoms with Crippen LogP contribution in [-0.4, -0.2) is 31.5 Å². The number of amides is 1. The molecule has 0 spiro atoms. The summed E-state index contributed by atoms with van der Waals surface area (Å²) in [6.07, 6.45) is 1.73. The zero-order chi connectivity index (χ0) is 21.5. The molecule has 0 radical (unpaired) electrons. The number of aromatic nitrogens is 1. The van der Waals surface area contributed by atoms with Crippen LogP contribution in [0.2, 0.25) is 0 Å². The normalized spacial score (nSPS) is 9.43. The Morgan fingerprint density at radius 1 is 1.11 bits per heavy atom. The lowest BCUT2D eigenvalue weighted by molar-refractivity contribution is 0.0958. The van der Waals surface area contributed by atoms with Crippen LogP contribution in [0.15, 0.2) is 36.5 Å². The average Bonchev–Trinajstić information content (AvgIpc) is 2.76. The summed E-state index contributed by atoms with van der Waals surface area (Å²) in [5, 5.41) is 5.71. The van der Waals surface area contributed by atoms with Gasteiger partial charge in [0, 0.05) is 26.7 Å². The van der Waals surface area contributed by atoms with Gasteiger partial charge in [-0.15, -0.1) is 0 Å². The minimum Gasteiger partial charge on any atom is -0.366 e. The third-order valence-corrected chi connectivity index (χ3v) is 3.80. The Morgan fingerprint density at radius 3 is 2.21 bits per heavy atom. The van der Waals surface area contributed by atoms with E-state index in [1.54, 1.807) is 31.4 Å². The Labute approximate surface area is 169 Å². The lowest BCUT2D eigenvalue weighted by atomic mass is 10.1. The van der Waals surface area contributed by atoms with Crippen molar-refractivity contribution in [3.05, 3.63) is 59.2 Å². The molecule has 6 heteroatoms. The van der Waals surface area contributed by atoms with Crippen LogP contribution in [0.1, 0.15) is 56.2 Å². The smallest absolute Gasteiger partial charge is 0.269 e. The standard InChI is InChI=1S/C18H23FN4O.2C2H6/c1-4-23(12-13-5-7-15(19)8-6-13)17-11-22-16(18(24)21-3)9-14(17)10-20-2;2*1-2/h5-9,11,20H,4,10,12H2,1-3H3,(H,21,24);2*1-2H3. The second-order valence-electron chi connectivity index (χ2n) is 5.45. The van der Waals surface area contributed by atoms with Gasteiger partial charge >= 0.3 is 0 Å². The molecule has 0 fully saturated rings. The molecule has 0 aliphatic heterocycles. The minimum atomic E-state index is -0.241. The molecular weight excluding hydrogens is 355 g/mol. The third kappa shape index (κ3) is 7.64. The first kappa shape index (κ1) is 25.5. The van der Waals surface area contributed by atoms with Crippen molar-refractivity contribution in [1.82, 2.24) is 15.6 Å². The van der Waals surface area contributed by atoms with Crippen molar-refractivity contribution in [2.45, 2.75) is 47.7 Å². The average molecular weight is 391 g/mol. The molecule has 0 saturated heterocycles. The van der Waals surface area contributed by atoms with Crippen LogP contribution in [0, 0.1) is 5.82 Å². The highest BCUT2D eigenvalue weighted by molar-refractivity contribution is 5.92. The fourth-order valence-electron chi connectivity index (χ4n) is 2.54. The number of carbonyl (C=O) groups is 1. The van der Waals surface area contributed by atoms with E-state index in [-0.39, 0.29) is 11.7 Å². The number of rotatable bonds is 7. The molecule has 1 heterocycles. The maximum absolute atomic E-state index is 13.1. The molecule has 2 aromatic rings. The Morgan fingerprint density at radius 2 is 1.71 bits per heavy atom. The summed E-state index contributed by atoms with van der Waals surface area (Å²) in [5.41, 5.74) is 3.37. The minimum absolute atomic E-state index is 0.208. The molecule has 5 nitrogen and oxygen atoms in total. The van der Waals surface area contributed by atoms with Crippen LogP contribution in [0.5, 0.6) is 0 Å². The van der Waals surface area contributed by atoms with E-state index in [0.29, 0.717) is 18.8 Å². The number of pyridine rings is 1. The zero-order valence-electron chi connectivity index (χ0n) is 18.3. The second-order valence-corrected chi connectivity index (χ2v) is 5.45. The summed E-state index contributed by atoms with van der Waals surface area (Å²) >= 11 is 0. The second kappa shape index (κ2) is 14.6. The maximum Gasteiger partial charge on any atom is 0.269 e. The van der Waals surface area contributed by atoms with Crippen molar-refractivity contribution in [2.75, 3.05) is 25.5 Å². The summed E-state index contributed by atoms with van der Waals surface area (Å²) in [7, 11) is 3.45. The molecule has 28 heavy (non-hydrogen) atoms. The Balaban J connectivity index is 0.00000171. The summed E-state index contributed by atoms with van der Waals surface area (Å²) in [6.45, 7) is 12.1. The predicted octanol–water partition coefficient (Wildman–Crippen LogP) is 4.38. The van der Waals surface area contributed by atoms with E-state index in [2.05, 4.69) is 27.4 Å². The molecule has 0 bridgehead atoms. The molecule has 2 N–H and O–H groups in total. The largest absolute Gasteiger partial charge is 0.366 e. The highest BCUT2D eigenvalue weighted by Crippen LogP contribution is 2.22. The topological polar surface area (TPSA) is 57.3 Å². The molecule has 0 saturated carbocycles. The number of nitrogens with zero attached hydrogens (tertiary/aromatic N) is 2. The molecule has 0 unspecified atom stereocenters. The van der Waals surface area contributed by atoms with Crippen molar-refractivity contribution in [2.24, 2.45) is 0 Å². The molecule has 0 atom stereocenters. The lowest BCUT2D eigenvalue weighted by Gasteiger charge is -2.26. The fraction of sp³-hybridized carbons (Fsp3) is 0.455. The van der Waals surface area contributed by atoms with Gasteiger partial charge in [0.25, 0.3) is 5.91 Å². The van der Waals surface area contributed by atoms with Crippen molar-refractivity contribution in [1.29, 1.82) is 0 Å². The Kier molecular flexibility index (Phi) is 13.3. The van der Waals surface area contributed by atoms with Crippen LogP contribution >= 0.6 is 0 Å². The molecule has 2 rings (SSSR count). The van der Waals surface area contributed by atoms with Gasteiger partial charge in [0.15, 0.2) is 0 Å². The van der Waals surface area contributed by atoms with Gasteiger partial charge < -0.3 is 15.5 Å². The van der Waals surface area contributed by atoms with Crippen molar-refractivity contribution < 1.29 is 9.18 Å². The molecule has 1 aromatic heterocycles. The Bertz CT molecular complexity index is 689. The summed E-state index contributed by atoms with van der Waals surface area (Å²) < 4.78 is 13.1. The number of nitrogens with one attached hydrogen (secondary N) is 2. The van der Waals surface area contributed by atoms with E-state index >= 15 is 0 Å².